The molecule has 1 aromatic heterocycles. The minimum atomic E-state index is -1.07. The molecule has 10 nitrogen and oxygen atoms in total. The molecule has 3 atom stereocenters. The second-order valence-electron chi connectivity index (χ2n) is 9.96. The Morgan fingerprint density at radius 2 is 2.10 bits per heavy atom. The minimum Gasteiger partial charge on any atom is -0.870 e. The van der Waals surface area contributed by atoms with Gasteiger partial charge in [-0.1, -0.05) is 28.3 Å². The third-order valence-corrected chi connectivity index (χ3v) is 9.08. The van der Waals surface area contributed by atoms with E-state index in [2.05, 4.69) is 4.74 Å². The Hall–Kier alpha value is -4.10. The number of nitrogens with zero attached hydrogens (tertiary/aromatic N) is 3. The maximum absolute atomic E-state index is 14.7. The third kappa shape index (κ3) is 3.82. The van der Waals surface area contributed by atoms with Gasteiger partial charge in [-0.25, -0.2) is 13.6 Å². The molecule has 7 rings (SSSR count). The van der Waals surface area contributed by atoms with Crippen molar-refractivity contribution in [3.63, 3.8) is 0 Å². The van der Waals surface area contributed by atoms with Gasteiger partial charge in [-0.05, 0) is 40.4 Å². The number of aromatic nitrogens is 1. The van der Waals surface area contributed by atoms with Crippen LogP contribution < -0.4 is 24.7 Å². The van der Waals surface area contributed by atoms with Crippen LogP contribution in [0.25, 0.3) is 5.88 Å². The van der Waals surface area contributed by atoms with Gasteiger partial charge in [0.15, 0.2) is 17.4 Å². The van der Waals surface area contributed by atoms with Crippen molar-refractivity contribution in [1.82, 2.24) is 4.90 Å². The molecule has 1 aliphatic carbocycles. The first kappa shape index (κ1) is 25.8. The molecule has 1 spiro atoms. The fraction of sp³-hybridized carbons (Fsp3) is 0.321. The van der Waals surface area contributed by atoms with Crippen LogP contribution in [0.2, 0.25) is 0 Å². The summed E-state index contributed by atoms with van der Waals surface area (Å²) in [5.74, 6) is -3.08. The maximum atomic E-state index is 14.7. The number of thioether (sulfide) groups is 1. The molecule has 0 bridgehead atoms. The summed E-state index contributed by atoms with van der Waals surface area (Å²) < 4.78 is 50.7. The van der Waals surface area contributed by atoms with Gasteiger partial charge in [-0.2, -0.15) is 0 Å². The van der Waals surface area contributed by atoms with Gasteiger partial charge >= 0.3 is 6.16 Å². The summed E-state index contributed by atoms with van der Waals surface area (Å²) >= 11 is 1.44. The van der Waals surface area contributed by atoms with Gasteiger partial charge in [0.25, 0.3) is 5.35 Å². The van der Waals surface area contributed by atoms with Crippen molar-refractivity contribution in [2.24, 2.45) is 5.11 Å². The van der Waals surface area contributed by atoms with Crippen molar-refractivity contribution in [2.45, 2.75) is 34.8 Å². The standard InChI is InChI=1S/C28H22F2N3O7S/c1-37-27(36)40-13-39-24-19(34)7-8-33-23(24)26(35)32-9-10-38-25-21(28(25,32)31-33)15-3-2-4-20-16(15)11-14-5-6-18(29)22(30)17(14)12-41-20/h2-8,21,25H,9-13H2,1H3/q-1/t21?,25-,28+/m0/s1. The van der Waals surface area contributed by atoms with E-state index in [0.29, 0.717) is 23.3 Å². The molecule has 4 aliphatic rings. The zero-order valence-corrected chi connectivity index (χ0v) is 22.4. The van der Waals surface area contributed by atoms with Crippen molar-refractivity contribution < 1.29 is 47.1 Å². The Balaban J connectivity index is 1.31. The molecule has 212 valence electrons. The number of hydrogen-bond donors (Lipinski definition) is 0. The topological polar surface area (TPSA) is 122 Å². The highest BCUT2D eigenvalue weighted by atomic mass is 32.2. The van der Waals surface area contributed by atoms with Gasteiger partial charge < -0.3 is 34.1 Å². The minimum absolute atomic E-state index is 0.0863. The lowest BCUT2D eigenvalue weighted by molar-refractivity contribution is -0.583. The predicted octanol–water partition coefficient (Wildman–Crippen LogP) is 1.31. The summed E-state index contributed by atoms with van der Waals surface area (Å²) in [5, 5.41) is 31.4. The van der Waals surface area contributed by atoms with Crippen LogP contribution in [0.4, 0.5) is 13.6 Å². The second-order valence-corrected chi connectivity index (χ2v) is 11.0. The zero-order chi connectivity index (χ0) is 28.5. The number of benzene rings is 2. The summed E-state index contributed by atoms with van der Waals surface area (Å²) in [5.41, 5.74) is 1.85. The van der Waals surface area contributed by atoms with Crippen molar-refractivity contribution in [2.75, 3.05) is 27.1 Å². The Morgan fingerprint density at radius 3 is 2.93 bits per heavy atom. The highest BCUT2D eigenvalue weighted by Gasteiger charge is 2.76. The Bertz CT molecular complexity index is 1740. The van der Waals surface area contributed by atoms with Crippen LogP contribution in [0, 0.1) is 11.6 Å². The van der Waals surface area contributed by atoms with E-state index in [0.717, 1.165) is 29.2 Å². The number of hydrogen-bond acceptors (Lipinski definition) is 10. The molecule has 0 radical (unpaired) electrons. The molecule has 0 N–H and O–H groups in total. The van der Waals surface area contributed by atoms with Gasteiger partial charge in [0.1, 0.15) is 6.10 Å². The van der Waals surface area contributed by atoms with E-state index in [1.807, 2.05) is 18.2 Å². The maximum Gasteiger partial charge on any atom is 0.510 e. The quantitative estimate of drug-likeness (QED) is 0.255. The number of carbonyl (C=O) groups is 1. The van der Waals surface area contributed by atoms with E-state index in [-0.39, 0.29) is 30.2 Å². The van der Waals surface area contributed by atoms with Gasteiger partial charge in [0.05, 0.1) is 19.6 Å². The molecule has 1 saturated carbocycles. The van der Waals surface area contributed by atoms with Crippen molar-refractivity contribution in [3.8, 4) is 11.5 Å². The first-order chi connectivity index (χ1) is 19.8. The Morgan fingerprint density at radius 1 is 1.24 bits per heavy atom. The molecule has 4 heterocycles. The van der Waals surface area contributed by atoms with Gasteiger partial charge in [-0.3, -0.25) is 0 Å². The van der Waals surface area contributed by atoms with E-state index in [9.17, 15) is 23.8 Å². The average molecular weight is 583 g/mol. The highest BCUT2D eigenvalue weighted by molar-refractivity contribution is 7.98. The molecule has 3 aromatic rings. The van der Waals surface area contributed by atoms with E-state index < -0.39 is 48.0 Å². The molecule has 3 aliphatic heterocycles. The van der Waals surface area contributed by atoms with Crippen LogP contribution in [0.1, 0.15) is 28.2 Å². The van der Waals surface area contributed by atoms with Crippen molar-refractivity contribution in [1.29, 1.82) is 0 Å². The summed E-state index contributed by atoms with van der Waals surface area (Å²) in [6.07, 6.45) is 0.326. The van der Waals surface area contributed by atoms with Gasteiger partial charge in [0.2, 0.25) is 18.7 Å². The van der Waals surface area contributed by atoms with Crippen LogP contribution in [0.3, 0.4) is 0 Å². The van der Waals surface area contributed by atoms with Crippen LogP contribution in [-0.4, -0.2) is 49.9 Å². The number of carbonyl (C=O) groups excluding carboxylic acids is 1. The summed E-state index contributed by atoms with van der Waals surface area (Å²) in [6, 6.07) is 9.80. The van der Waals surface area contributed by atoms with Crippen LogP contribution in [0.15, 0.2) is 52.6 Å². The molecule has 13 heteroatoms. The van der Waals surface area contributed by atoms with E-state index >= 15 is 0 Å². The monoisotopic (exact) mass is 582 g/mol. The van der Waals surface area contributed by atoms with Crippen LogP contribution in [0.5, 0.6) is 11.5 Å². The summed E-state index contributed by atoms with van der Waals surface area (Å²) in [4.78, 5) is 13.9. The number of methoxy groups -OCH3 is 1. The van der Waals surface area contributed by atoms with Crippen LogP contribution in [-0.2, 0) is 26.4 Å². The molecule has 2 fully saturated rings. The smallest absolute Gasteiger partial charge is 0.510 e. The van der Waals surface area contributed by atoms with Gasteiger partial charge in [0, 0.05) is 34.7 Å². The number of halogens is 2. The van der Waals surface area contributed by atoms with Crippen molar-refractivity contribution in [3.05, 3.63) is 81.8 Å². The first-order valence-electron chi connectivity index (χ1n) is 12.8. The lowest BCUT2D eigenvalue weighted by atomic mass is 9.94. The normalized spacial score (nSPS) is 23.5. The SMILES string of the molecule is COC(=O)OCOc1c([O-])cc[n+]2c1=C([O-])N1CCO[C@H]3C(c4cccc5c4Cc4ccc(F)c(F)c4CS5)[C@]31N=2. The Labute approximate surface area is 236 Å². The van der Waals surface area contributed by atoms with E-state index in [4.69, 9.17) is 19.3 Å². The van der Waals surface area contributed by atoms with Crippen LogP contribution >= 0.6 is 11.8 Å². The lowest BCUT2D eigenvalue weighted by Gasteiger charge is -2.38. The summed E-state index contributed by atoms with van der Waals surface area (Å²) in [6.45, 7) is -0.140. The van der Waals surface area contributed by atoms with Gasteiger partial charge in [-0.15, -0.1) is 11.8 Å². The molecule has 0 amide bonds. The number of rotatable bonds is 4. The molecule has 1 unspecified atom stereocenters. The average Bonchev–Trinajstić information content (AvgIpc) is 3.67. The first-order valence-corrected chi connectivity index (χ1v) is 13.8. The van der Waals surface area contributed by atoms with E-state index in [1.54, 1.807) is 11.0 Å². The number of ether oxygens (including phenoxy) is 4. The zero-order valence-electron chi connectivity index (χ0n) is 21.6. The molecule has 41 heavy (non-hydrogen) atoms. The highest BCUT2D eigenvalue weighted by Crippen LogP contribution is 2.62. The third-order valence-electron chi connectivity index (χ3n) is 7.95. The van der Waals surface area contributed by atoms with Crippen molar-refractivity contribution >= 4 is 23.8 Å². The largest absolute Gasteiger partial charge is 0.870 e. The summed E-state index contributed by atoms with van der Waals surface area (Å²) in [7, 11) is 1.13. The number of pyridine rings is 1. The van der Waals surface area contributed by atoms with E-state index in [1.165, 1.54) is 28.4 Å². The fourth-order valence-corrected chi connectivity index (χ4v) is 7.22. The molecule has 2 aromatic carbocycles. The number of morpholine rings is 1. The fourth-order valence-electron chi connectivity index (χ4n) is 6.07. The molecular weight excluding hydrogens is 560 g/mol. The number of fused-ring (bicyclic) bond motifs is 3. The molecular formula is C28H22F2N3O7S-. The Kier molecular flexibility index (Phi) is 5.98. The second kappa shape index (κ2) is 9.48. The predicted molar refractivity (Wildman–Crippen MR) is 133 cm³/mol. The lowest BCUT2D eigenvalue weighted by Crippen LogP contribution is -2.59. The molecule has 1 saturated heterocycles.